The summed E-state index contributed by atoms with van der Waals surface area (Å²) >= 11 is 1.18. The predicted molar refractivity (Wildman–Crippen MR) is 116 cm³/mol. The number of methoxy groups -OCH3 is 1. The van der Waals surface area contributed by atoms with Crippen LogP contribution in [0.25, 0.3) is 5.69 Å². The summed E-state index contributed by atoms with van der Waals surface area (Å²) in [4.78, 5) is 16.8. The minimum Gasteiger partial charge on any atom is -0.489 e. The maximum Gasteiger partial charge on any atom is 0.416 e. The number of nitrogens with zero attached hydrogens (tertiary/aromatic N) is 2. The minimum atomic E-state index is -4.54. The zero-order chi connectivity index (χ0) is 23.1. The number of carbonyl (C=O) groups is 1. The molecule has 1 N–H and O–H groups in total. The molecule has 0 unspecified atom stereocenters. The van der Waals surface area contributed by atoms with E-state index in [0.29, 0.717) is 5.16 Å². The van der Waals surface area contributed by atoms with E-state index >= 15 is 0 Å². The molecule has 0 fully saturated rings. The van der Waals surface area contributed by atoms with Crippen molar-refractivity contribution in [1.29, 1.82) is 0 Å². The highest BCUT2D eigenvalue weighted by Crippen LogP contribution is 2.35. The summed E-state index contributed by atoms with van der Waals surface area (Å²) in [6.07, 6.45) is -1.14. The van der Waals surface area contributed by atoms with Gasteiger partial charge in [-0.15, -0.1) is 0 Å². The number of imidazole rings is 1. The molecule has 32 heavy (non-hydrogen) atoms. The highest BCUT2D eigenvalue weighted by molar-refractivity contribution is 7.99. The van der Waals surface area contributed by atoms with Gasteiger partial charge in [0.05, 0.1) is 23.6 Å². The summed E-state index contributed by atoms with van der Waals surface area (Å²) in [6, 6.07) is 10.8. The monoisotopic (exact) mass is 465 g/mol. The van der Waals surface area contributed by atoms with Gasteiger partial charge >= 0.3 is 6.18 Å². The zero-order valence-corrected chi connectivity index (χ0v) is 18.3. The van der Waals surface area contributed by atoms with Crippen LogP contribution in [0, 0.1) is 6.92 Å². The molecule has 0 spiro atoms. The Morgan fingerprint density at radius 2 is 2.00 bits per heavy atom. The fourth-order valence-electron chi connectivity index (χ4n) is 2.85. The number of rotatable bonds is 9. The summed E-state index contributed by atoms with van der Waals surface area (Å²) in [5, 5.41) is 3.11. The standard InChI is InChI=1S/C22H22F3N3O3S/c1-15-4-3-5-17(12-15)28-9-8-26-21(28)32-14-20(29)27-18-13-16(22(23,24)25)6-7-19(18)31-11-10-30-2/h3-9,12-13H,10-11,14H2,1-2H3,(H,27,29). The van der Waals surface area contributed by atoms with Gasteiger partial charge in [-0.25, -0.2) is 4.98 Å². The normalized spacial score (nSPS) is 11.4. The molecule has 0 aliphatic heterocycles. The van der Waals surface area contributed by atoms with Crippen LogP contribution in [0.5, 0.6) is 5.75 Å². The van der Waals surface area contributed by atoms with Gasteiger partial charge in [0.1, 0.15) is 12.4 Å². The number of amides is 1. The van der Waals surface area contributed by atoms with Gasteiger partial charge in [0.15, 0.2) is 5.16 Å². The van der Waals surface area contributed by atoms with Crippen molar-refractivity contribution < 1.29 is 27.4 Å². The largest absolute Gasteiger partial charge is 0.489 e. The molecule has 170 valence electrons. The molecule has 0 bridgehead atoms. The van der Waals surface area contributed by atoms with Crippen molar-refractivity contribution in [2.75, 3.05) is 31.4 Å². The molecule has 3 aromatic rings. The lowest BCUT2D eigenvalue weighted by atomic mass is 10.1. The highest BCUT2D eigenvalue weighted by Gasteiger charge is 2.31. The lowest BCUT2D eigenvalue weighted by Gasteiger charge is -2.15. The molecule has 1 heterocycles. The third kappa shape index (κ3) is 6.27. The van der Waals surface area contributed by atoms with Crippen molar-refractivity contribution in [1.82, 2.24) is 9.55 Å². The van der Waals surface area contributed by atoms with E-state index in [-0.39, 0.29) is 30.4 Å². The highest BCUT2D eigenvalue weighted by atomic mass is 32.2. The van der Waals surface area contributed by atoms with Crippen molar-refractivity contribution in [3.05, 3.63) is 66.0 Å². The number of alkyl halides is 3. The Hall–Kier alpha value is -2.98. The van der Waals surface area contributed by atoms with Gasteiger partial charge in [0, 0.05) is 25.2 Å². The summed E-state index contributed by atoms with van der Waals surface area (Å²) < 4.78 is 51.6. The van der Waals surface area contributed by atoms with Gasteiger partial charge in [-0.2, -0.15) is 13.2 Å². The first kappa shape index (κ1) is 23.7. The average molecular weight is 465 g/mol. The van der Waals surface area contributed by atoms with E-state index in [1.54, 1.807) is 12.4 Å². The number of thioether (sulfide) groups is 1. The first-order chi connectivity index (χ1) is 15.3. The third-order valence-electron chi connectivity index (χ3n) is 4.34. The van der Waals surface area contributed by atoms with E-state index in [2.05, 4.69) is 10.3 Å². The number of nitrogens with one attached hydrogen (secondary N) is 1. The Labute approximate surface area is 187 Å². The van der Waals surface area contributed by atoms with Crippen LogP contribution >= 0.6 is 11.8 Å². The summed E-state index contributed by atoms with van der Waals surface area (Å²) in [5.74, 6) is -0.393. The zero-order valence-electron chi connectivity index (χ0n) is 17.5. The molecule has 1 amide bonds. The van der Waals surface area contributed by atoms with E-state index in [1.165, 1.54) is 24.9 Å². The number of hydrogen-bond acceptors (Lipinski definition) is 5. The molecule has 0 saturated heterocycles. The molecule has 1 aromatic heterocycles. The molecular formula is C22H22F3N3O3S. The minimum absolute atomic E-state index is 0.0451. The Morgan fingerprint density at radius 3 is 2.72 bits per heavy atom. The molecule has 10 heteroatoms. The second kappa shape index (κ2) is 10.6. The van der Waals surface area contributed by atoms with Gasteiger partial charge in [-0.1, -0.05) is 23.9 Å². The van der Waals surface area contributed by atoms with E-state index in [1.807, 2.05) is 35.8 Å². The van der Waals surface area contributed by atoms with Crippen LogP contribution in [-0.4, -0.2) is 41.5 Å². The van der Waals surface area contributed by atoms with Crippen molar-refractivity contribution in [2.24, 2.45) is 0 Å². The Morgan fingerprint density at radius 1 is 1.19 bits per heavy atom. The van der Waals surface area contributed by atoms with Crippen molar-refractivity contribution in [3.8, 4) is 11.4 Å². The fourth-order valence-corrected chi connectivity index (χ4v) is 3.63. The van der Waals surface area contributed by atoms with E-state index in [9.17, 15) is 18.0 Å². The van der Waals surface area contributed by atoms with Crippen LogP contribution in [-0.2, 0) is 15.7 Å². The number of aryl methyl sites for hydroxylation is 1. The number of hydrogen-bond donors (Lipinski definition) is 1. The molecule has 0 aliphatic carbocycles. The van der Waals surface area contributed by atoms with Crippen molar-refractivity contribution in [3.63, 3.8) is 0 Å². The first-order valence-electron chi connectivity index (χ1n) is 9.64. The molecule has 0 saturated carbocycles. The quantitative estimate of drug-likeness (QED) is 0.358. The predicted octanol–water partition coefficient (Wildman–Crippen LogP) is 4.96. The van der Waals surface area contributed by atoms with Gasteiger partial charge in [-0.05, 0) is 42.8 Å². The molecule has 0 radical (unpaired) electrons. The molecule has 2 aromatic carbocycles. The summed E-state index contributed by atoms with van der Waals surface area (Å²) in [7, 11) is 1.48. The second-order valence-electron chi connectivity index (χ2n) is 6.81. The number of benzene rings is 2. The smallest absolute Gasteiger partial charge is 0.416 e. The van der Waals surface area contributed by atoms with Crippen molar-refractivity contribution >= 4 is 23.4 Å². The Kier molecular flexibility index (Phi) is 7.81. The fraction of sp³-hybridized carbons (Fsp3) is 0.273. The number of ether oxygens (including phenoxy) is 2. The summed E-state index contributed by atoms with van der Waals surface area (Å²) in [6.45, 7) is 2.36. The molecular weight excluding hydrogens is 443 g/mol. The lowest BCUT2D eigenvalue weighted by molar-refractivity contribution is -0.137. The van der Waals surface area contributed by atoms with Gasteiger partial charge in [-0.3, -0.25) is 9.36 Å². The van der Waals surface area contributed by atoms with Crippen LogP contribution in [0.3, 0.4) is 0 Å². The van der Waals surface area contributed by atoms with E-state index < -0.39 is 17.6 Å². The molecule has 6 nitrogen and oxygen atoms in total. The van der Waals surface area contributed by atoms with Gasteiger partial charge in [0.25, 0.3) is 0 Å². The Bertz CT molecular complexity index is 1070. The number of halogens is 3. The lowest BCUT2D eigenvalue weighted by Crippen LogP contribution is -2.17. The second-order valence-corrected chi connectivity index (χ2v) is 7.75. The van der Waals surface area contributed by atoms with E-state index in [4.69, 9.17) is 9.47 Å². The van der Waals surface area contributed by atoms with Crippen molar-refractivity contribution in [2.45, 2.75) is 18.3 Å². The summed E-state index contributed by atoms with van der Waals surface area (Å²) in [5.41, 5.74) is 1.05. The van der Waals surface area contributed by atoms with Crippen LogP contribution < -0.4 is 10.1 Å². The molecule has 3 rings (SSSR count). The van der Waals surface area contributed by atoms with E-state index in [0.717, 1.165) is 23.4 Å². The van der Waals surface area contributed by atoms with Gasteiger partial charge < -0.3 is 14.8 Å². The maximum absolute atomic E-state index is 13.1. The van der Waals surface area contributed by atoms with Crippen LogP contribution in [0.1, 0.15) is 11.1 Å². The Balaban J connectivity index is 1.71. The maximum atomic E-state index is 13.1. The number of carbonyl (C=O) groups excluding carboxylic acids is 1. The van der Waals surface area contributed by atoms with Crippen LogP contribution in [0.4, 0.5) is 18.9 Å². The average Bonchev–Trinajstić information content (AvgIpc) is 3.21. The molecule has 0 aliphatic rings. The third-order valence-corrected chi connectivity index (χ3v) is 5.31. The number of anilines is 1. The first-order valence-corrected chi connectivity index (χ1v) is 10.6. The SMILES string of the molecule is COCCOc1ccc(C(F)(F)F)cc1NC(=O)CSc1nccn1-c1cccc(C)c1. The van der Waals surface area contributed by atoms with Crippen LogP contribution in [0.15, 0.2) is 60.0 Å². The van der Waals surface area contributed by atoms with Crippen LogP contribution in [0.2, 0.25) is 0 Å². The van der Waals surface area contributed by atoms with Gasteiger partial charge in [0.2, 0.25) is 5.91 Å². The molecule has 0 atom stereocenters. The topological polar surface area (TPSA) is 65.4 Å². The number of aromatic nitrogens is 2.